The molecule has 2 amide bonds. The first-order chi connectivity index (χ1) is 14.7. The lowest BCUT2D eigenvalue weighted by Crippen LogP contribution is -2.13. The van der Waals surface area contributed by atoms with Gasteiger partial charge in [0.25, 0.3) is 0 Å². The van der Waals surface area contributed by atoms with Gasteiger partial charge in [-0.2, -0.15) is 0 Å². The molecular weight excluding hydrogens is 376 g/mol. The lowest BCUT2D eigenvalue weighted by Gasteiger charge is -2.12. The number of para-hydroxylation sites is 2. The average molecular weight is 400 g/mol. The predicted molar refractivity (Wildman–Crippen MR) is 118 cm³/mol. The van der Waals surface area contributed by atoms with Crippen LogP contribution in [0.1, 0.15) is 29.5 Å². The Kier molecular flexibility index (Phi) is 6.09. The minimum absolute atomic E-state index is 0.0137. The predicted octanol–water partition coefficient (Wildman–Crippen LogP) is 4.72. The summed E-state index contributed by atoms with van der Waals surface area (Å²) in [5, 5.41) is 5.85. The Labute approximate surface area is 176 Å². The summed E-state index contributed by atoms with van der Waals surface area (Å²) in [6.07, 6.45) is 2.41. The summed E-state index contributed by atoms with van der Waals surface area (Å²) in [5.41, 5.74) is 4.80. The molecule has 0 bridgehead atoms. The third-order valence-electron chi connectivity index (χ3n) is 5.09. The minimum Gasteiger partial charge on any atom is -0.489 e. The van der Waals surface area contributed by atoms with Gasteiger partial charge in [-0.1, -0.05) is 48.5 Å². The van der Waals surface area contributed by atoms with Crippen LogP contribution in [-0.4, -0.2) is 11.8 Å². The molecule has 0 unspecified atom stereocenters. The van der Waals surface area contributed by atoms with E-state index in [1.807, 2.05) is 66.7 Å². The van der Waals surface area contributed by atoms with Gasteiger partial charge in [0.1, 0.15) is 12.4 Å². The van der Waals surface area contributed by atoms with Crippen LogP contribution in [0.2, 0.25) is 0 Å². The number of carbonyl (C=O) groups is 2. The number of hydrogen-bond donors (Lipinski definition) is 2. The molecule has 1 heterocycles. The molecule has 2 N–H and O–H groups in total. The number of hydrogen-bond acceptors (Lipinski definition) is 3. The Morgan fingerprint density at radius 3 is 2.67 bits per heavy atom. The van der Waals surface area contributed by atoms with E-state index in [0.29, 0.717) is 19.4 Å². The quantitative estimate of drug-likeness (QED) is 0.575. The maximum Gasteiger partial charge on any atom is 0.228 e. The molecule has 5 heteroatoms. The first-order valence-corrected chi connectivity index (χ1v) is 10.1. The second-order valence-electron chi connectivity index (χ2n) is 7.38. The molecule has 0 aliphatic carbocycles. The molecule has 0 spiro atoms. The van der Waals surface area contributed by atoms with Crippen LogP contribution in [0, 0.1) is 0 Å². The van der Waals surface area contributed by atoms with Crippen molar-refractivity contribution in [1.29, 1.82) is 0 Å². The fourth-order valence-corrected chi connectivity index (χ4v) is 3.55. The Bertz CT molecular complexity index is 1050. The summed E-state index contributed by atoms with van der Waals surface area (Å²) < 4.78 is 5.82. The van der Waals surface area contributed by atoms with Crippen LogP contribution in [-0.2, 0) is 29.0 Å². The molecule has 3 aromatic rings. The van der Waals surface area contributed by atoms with Crippen molar-refractivity contribution in [3.8, 4) is 5.75 Å². The van der Waals surface area contributed by atoms with Crippen LogP contribution in [0.4, 0.5) is 11.4 Å². The van der Waals surface area contributed by atoms with Crippen LogP contribution in [0.5, 0.6) is 5.75 Å². The van der Waals surface area contributed by atoms with E-state index < -0.39 is 0 Å². The monoisotopic (exact) mass is 400 g/mol. The SMILES string of the molecule is O=C(CCCc1ccc2c(c1)CC(=O)N2)Nc1ccccc1COc1ccccc1. The van der Waals surface area contributed by atoms with E-state index in [1.54, 1.807) is 0 Å². The van der Waals surface area contributed by atoms with E-state index in [4.69, 9.17) is 4.74 Å². The molecule has 0 saturated heterocycles. The van der Waals surface area contributed by atoms with E-state index in [9.17, 15) is 9.59 Å². The maximum absolute atomic E-state index is 12.5. The largest absolute Gasteiger partial charge is 0.489 e. The molecule has 152 valence electrons. The summed E-state index contributed by atoms with van der Waals surface area (Å²) in [5.74, 6) is 0.821. The van der Waals surface area contributed by atoms with Crippen molar-refractivity contribution in [3.05, 3.63) is 89.5 Å². The van der Waals surface area contributed by atoms with Gasteiger partial charge in [0, 0.05) is 23.4 Å². The van der Waals surface area contributed by atoms with Crippen molar-refractivity contribution in [2.24, 2.45) is 0 Å². The van der Waals surface area contributed by atoms with Crippen LogP contribution < -0.4 is 15.4 Å². The normalized spacial score (nSPS) is 12.2. The number of carbonyl (C=O) groups excluding carboxylic acids is 2. The zero-order valence-electron chi connectivity index (χ0n) is 16.7. The molecule has 30 heavy (non-hydrogen) atoms. The highest BCUT2D eigenvalue weighted by atomic mass is 16.5. The van der Waals surface area contributed by atoms with Gasteiger partial charge in [-0.3, -0.25) is 9.59 Å². The second-order valence-corrected chi connectivity index (χ2v) is 7.38. The zero-order valence-corrected chi connectivity index (χ0v) is 16.7. The minimum atomic E-state index is -0.0137. The summed E-state index contributed by atoms with van der Waals surface area (Å²) in [4.78, 5) is 23.9. The number of anilines is 2. The van der Waals surface area contributed by atoms with E-state index in [-0.39, 0.29) is 11.8 Å². The molecule has 0 radical (unpaired) electrons. The Balaban J connectivity index is 1.28. The number of aryl methyl sites for hydroxylation is 1. The molecule has 0 atom stereocenters. The van der Waals surface area contributed by atoms with Crippen LogP contribution in [0.25, 0.3) is 0 Å². The van der Waals surface area contributed by atoms with E-state index in [1.165, 1.54) is 0 Å². The van der Waals surface area contributed by atoms with E-state index in [0.717, 1.165) is 46.7 Å². The van der Waals surface area contributed by atoms with Crippen molar-refractivity contribution >= 4 is 23.2 Å². The van der Waals surface area contributed by atoms with Gasteiger partial charge in [0.05, 0.1) is 6.42 Å². The number of benzene rings is 3. The lowest BCUT2D eigenvalue weighted by molar-refractivity contribution is -0.116. The first kappa shape index (κ1) is 19.7. The van der Waals surface area contributed by atoms with E-state index in [2.05, 4.69) is 16.7 Å². The van der Waals surface area contributed by atoms with Gasteiger partial charge in [0.15, 0.2) is 0 Å². The fraction of sp³-hybridized carbons (Fsp3) is 0.200. The fourth-order valence-electron chi connectivity index (χ4n) is 3.55. The molecule has 0 fully saturated rings. The van der Waals surface area contributed by atoms with Crippen molar-refractivity contribution in [3.63, 3.8) is 0 Å². The third kappa shape index (κ3) is 5.06. The highest BCUT2D eigenvalue weighted by Crippen LogP contribution is 2.24. The third-order valence-corrected chi connectivity index (χ3v) is 5.09. The molecular formula is C25H24N2O3. The van der Waals surface area contributed by atoms with Crippen molar-refractivity contribution in [2.75, 3.05) is 10.6 Å². The number of rotatable bonds is 8. The van der Waals surface area contributed by atoms with Crippen molar-refractivity contribution < 1.29 is 14.3 Å². The summed E-state index contributed by atoms with van der Waals surface area (Å²) in [6, 6.07) is 23.3. The number of ether oxygens (including phenoxy) is 1. The highest BCUT2D eigenvalue weighted by Gasteiger charge is 2.17. The lowest BCUT2D eigenvalue weighted by atomic mass is 10.0. The molecule has 1 aliphatic heterocycles. The standard InChI is InChI=1S/C25H24N2O3/c28-24(12-6-7-18-13-14-23-20(15-18)16-25(29)27-23)26-22-11-5-4-8-19(22)17-30-21-9-2-1-3-10-21/h1-5,8-11,13-15H,6-7,12,16-17H2,(H,26,28)(H,27,29). The average Bonchev–Trinajstić information content (AvgIpc) is 3.13. The molecule has 4 rings (SSSR count). The zero-order chi connectivity index (χ0) is 20.8. The first-order valence-electron chi connectivity index (χ1n) is 10.1. The van der Waals surface area contributed by atoms with Gasteiger partial charge in [-0.15, -0.1) is 0 Å². The Morgan fingerprint density at radius 2 is 1.80 bits per heavy atom. The van der Waals surface area contributed by atoms with Gasteiger partial charge >= 0.3 is 0 Å². The summed E-state index contributed by atoms with van der Waals surface area (Å²) >= 11 is 0. The van der Waals surface area contributed by atoms with Crippen LogP contribution in [0.3, 0.4) is 0 Å². The van der Waals surface area contributed by atoms with E-state index >= 15 is 0 Å². The van der Waals surface area contributed by atoms with Gasteiger partial charge in [-0.25, -0.2) is 0 Å². The Morgan fingerprint density at radius 1 is 1.00 bits per heavy atom. The van der Waals surface area contributed by atoms with Gasteiger partial charge < -0.3 is 15.4 Å². The van der Waals surface area contributed by atoms with Gasteiger partial charge in [0.2, 0.25) is 11.8 Å². The number of amides is 2. The molecule has 3 aromatic carbocycles. The van der Waals surface area contributed by atoms with Gasteiger partial charge in [-0.05, 0) is 48.2 Å². The van der Waals surface area contributed by atoms with Crippen LogP contribution >= 0.6 is 0 Å². The highest BCUT2D eigenvalue weighted by molar-refractivity contribution is 5.99. The topological polar surface area (TPSA) is 67.4 Å². The number of fused-ring (bicyclic) bond motifs is 1. The molecule has 5 nitrogen and oxygen atoms in total. The van der Waals surface area contributed by atoms with Crippen molar-refractivity contribution in [2.45, 2.75) is 32.3 Å². The van der Waals surface area contributed by atoms with Crippen molar-refractivity contribution in [1.82, 2.24) is 0 Å². The van der Waals surface area contributed by atoms with Crippen LogP contribution in [0.15, 0.2) is 72.8 Å². The summed E-state index contributed by atoms with van der Waals surface area (Å²) in [6.45, 7) is 0.391. The smallest absolute Gasteiger partial charge is 0.228 e. The second kappa shape index (κ2) is 9.27. The Hall–Kier alpha value is -3.60. The molecule has 0 aromatic heterocycles. The maximum atomic E-state index is 12.5. The molecule has 0 saturated carbocycles. The summed E-state index contributed by atoms with van der Waals surface area (Å²) in [7, 11) is 0. The molecule has 1 aliphatic rings. The number of nitrogens with one attached hydrogen (secondary N) is 2.